The van der Waals surface area contributed by atoms with Crippen molar-refractivity contribution in [2.24, 2.45) is 11.8 Å². The first-order valence-corrected chi connectivity index (χ1v) is 9.35. The number of aliphatic hydroxyl groups excluding tert-OH is 4. The summed E-state index contributed by atoms with van der Waals surface area (Å²) >= 11 is 0. The molecule has 0 amide bonds. The number of rotatable bonds is 5. The van der Waals surface area contributed by atoms with Crippen LogP contribution in [0.1, 0.15) is 6.42 Å². The van der Waals surface area contributed by atoms with Gasteiger partial charge in [0.05, 0.1) is 32.7 Å². The second-order valence-electron chi connectivity index (χ2n) is 7.41. The molecule has 13 nitrogen and oxygen atoms in total. The lowest BCUT2D eigenvalue weighted by atomic mass is 9.78. The summed E-state index contributed by atoms with van der Waals surface area (Å²) in [5, 5.41) is 50.5. The Kier molecular flexibility index (Phi) is 6.67. The first-order valence-electron chi connectivity index (χ1n) is 9.35. The van der Waals surface area contributed by atoms with E-state index in [0.717, 1.165) is 20.5 Å². The molecule has 0 radical (unpaired) electrons. The molecule has 0 bridgehead atoms. The number of hydrogen-bond donors (Lipinski definition) is 5. The van der Waals surface area contributed by atoms with Gasteiger partial charge in [-0.05, 0) is 0 Å². The second-order valence-corrected chi connectivity index (χ2v) is 7.41. The quantitative estimate of drug-likeness (QED) is 0.258. The largest absolute Gasteiger partial charge is 0.471 e. The van der Waals surface area contributed by atoms with E-state index in [1.165, 1.54) is 0 Å². The average molecular weight is 448 g/mol. The molecule has 0 aromatic carbocycles. The molecule has 3 rings (SSSR count). The molecule has 0 unspecified atom stereocenters. The fourth-order valence-electron chi connectivity index (χ4n) is 4.11. The molecule has 9 atom stereocenters. The molecular formula is C18H24O13. The number of ether oxygens (including phenoxy) is 5. The number of methoxy groups -OCH3 is 2. The van der Waals surface area contributed by atoms with Crippen LogP contribution in [0.5, 0.6) is 0 Å². The van der Waals surface area contributed by atoms with Gasteiger partial charge in [-0.15, -0.1) is 0 Å². The van der Waals surface area contributed by atoms with Gasteiger partial charge in [0.1, 0.15) is 36.3 Å². The first-order chi connectivity index (χ1) is 14.6. The fraction of sp³-hybridized carbons (Fsp3) is 0.722. The highest BCUT2D eigenvalue weighted by Crippen LogP contribution is 2.49. The summed E-state index contributed by atoms with van der Waals surface area (Å²) in [4.78, 5) is 37.1. The molecule has 0 aromatic heterocycles. The van der Waals surface area contributed by atoms with Crippen LogP contribution in [0.4, 0.5) is 0 Å². The van der Waals surface area contributed by atoms with E-state index in [9.17, 15) is 39.9 Å². The van der Waals surface area contributed by atoms with E-state index in [1.54, 1.807) is 0 Å². The molecule has 5 N–H and O–H groups in total. The van der Waals surface area contributed by atoms with Crippen molar-refractivity contribution in [2.45, 2.75) is 49.0 Å². The molecule has 2 heterocycles. The lowest BCUT2D eigenvalue weighted by Crippen LogP contribution is -2.61. The maximum Gasteiger partial charge on any atom is 0.340 e. The standard InChI is InChI=1S/C18H24O13/c1-27-14(24)6-3-9(20)18(26)7(15(25)28-2)5-29-16(10(6)18)31-17-13(23)12(22)11(21)8(4-19)30-17/h5-6,8,10-13,16-17,19,21-23,26H,3-4H2,1-2H3/t6-,8-,10-,11+,12+,13-,16-,17-,18+/m0/s1. The van der Waals surface area contributed by atoms with Crippen LogP contribution in [0.3, 0.4) is 0 Å². The minimum Gasteiger partial charge on any atom is -0.471 e. The van der Waals surface area contributed by atoms with Crippen LogP contribution in [-0.2, 0) is 38.1 Å². The van der Waals surface area contributed by atoms with Crippen molar-refractivity contribution in [1.29, 1.82) is 0 Å². The van der Waals surface area contributed by atoms with E-state index >= 15 is 0 Å². The summed E-state index contributed by atoms with van der Waals surface area (Å²) in [7, 11) is 2.09. The Morgan fingerprint density at radius 2 is 1.81 bits per heavy atom. The Balaban J connectivity index is 1.96. The molecule has 13 heteroatoms. The summed E-state index contributed by atoms with van der Waals surface area (Å²) in [5.41, 5.74) is -3.08. The van der Waals surface area contributed by atoms with Gasteiger partial charge in [0.2, 0.25) is 6.29 Å². The smallest absolute Gasteiger partial charge is 0.340 e. The Hall–Kier alpha value is -2.13. The number of hydrogen-bond acceptors (Lipinski definition) is 13. The van der Waals surface area contributed by atoms with Gasteiger partial charge in [-0.3, -0.25) is 9.59 Å². The zero-order valence-electron chi connectivity index (χ0n) is 16.6. The number of aliphatic hydroxyl groups is 5. The van der Waals surface area contributed by atoms with Crippen LogP contribution >= 0.6 is 0 Å². The highest BCUT2D eigenvalue weighted by Gasteiger charge is 2.66. The van der Waals surface area contributed by atoms with E-state index in [-0.39, 0.29) is 0 Å². The van der Waals surface area contributed by atoms with Crippen LogP contribution in [-0.4, -0.2) is 107 Å². The van der Waals surface area contributed by atoms with Crippen molar-refractivity contribution in [2.75, 3.05) is 20.8 Å². The first kappa shape index (κ1) is 23.5. The van der Waals surface area contributed by atoms with Crippen molar-refractivity contribution in [1.82, 2.24) is 0 Å². The van der Waals surface area contributed by atoms with Gasteiger partial charge in [0.15, 0.2) is 17.7 Å². The molecular weight excluding hydrogens is 424 g/mol. The monoisotopic (exact) mass is 448 g/mol. The third-order valence-corrected chi connectivity index (χ3v) is 5.80. The molecule has 2 fully saturated rings. The van der Waals surface area contributed by atoms with Gasteiger partial charge in [-0.25, -0.2) is 4.79 Å². The second kappa shape index (κ2) is 8.78. The Labute approximate surface area is 175 Å². The number of carbonyl (C=O) groups is 3. The zero-order chi connectivity index (χ0) is 23.1. The average Bonchev–Trinajstić information content (AvgIpc) is 3.04. The lowest BCUT2D eigenvalue weighted by molar-refractivity contribution is -0.346. The normalized spacial score (nSPS) is 42.3. The summed E-state index contributed by atoms with van der Waals surface area (Å²) in [6.45, 7) is -0.723. The van der Waals surface area contributed by atoms with E-state index in [4.69, 9.17) is 14.2 Å². The van der Waals surface area contributed by atoms with Gasteiger partial charge in [-0.1, -0.05) is 0 Å². The maximum absolute atomic E-state index is 12.7. The molecule has 2 aliphatic heterocycles. The van der Waals surface area contributed by atoms with Crippen molar-refractivity contribution >= 4 is 17.7 Å². The fourth-order valence-corrected chi connectivity index (χ4v) is 4.11. The molecule has 1 saturated carbocycles. The zero-order valence-corrected chi connectivity index (χ0v) is 16.6. The topological polar surface area (TPSA) is 199 Å². The van der Waals surface area contributed by atoms with Crippen molar-refractivity contribution in [3.63, 3.8) is 0 Å². The molecule has 174 valence electrons. The predicted molar refractivity (Wildman–Crippen MR) is 93.4 cm³/mol. The van der Waals surface area contributed by atoms with Gasteiger partial charge >= 0.3 is 11.9 Å². The predicted octanol–water partition coefficient (Wildman–Crippen LogP) is -3.67. The van der Waals surface area contributed by atoms with Crippen molar-refractivity contribution in [3.8, 4) is 0 Å². The lowest BCUT2D eigenvalue weighted by Gasteiger charge is -2.44. The maximum atomic E-state index is 12.7. The van der Waals surface area contributed by atoms with Gasteiger partial charge in [0.25, 0.3) is 0 Å². The number of Topliss-reactive ketones (excluding diaryl/α,β-unsaturated/α-hetero) is 1. The third-order valence-electron chi connectivity index (χ3n) is 5.80. The highest BCUT2D eigenvalue weighted by atomic mass is 16.8. The molecule has 0 spiro atoms. The Bertz CT molecular complexity index is 764. The van der Waals surface area contributed by atoms with Crippen LogP contribution < -0.4 is 0 Å². The summed E-state index contributed by atoms with van der Waals surface area (Å²) in [6, 6.07) is 0. The number of ketones is 1. The molecule has 1 aliphatic carbocycles. The van der Waals surface area contributed by atoms with Crippen LogP contribution in [0.2, 0.25) is 0 Å². The number of fused-ring (bicyclic) bond motifs is 1. The Morgan fingerprint density at radius 3 is 2.39 bits per heavy atom. The SMILES string of the molecule is COC(=O)C1=CO[C@@H](O[C@@H]2O[C@@H](CO)[C@@H](O)[C@@H](O)[C@@H]2O)[C@@H]2[C@@H](C(=O)OC)CC(=O)[C@]12O. The van der Waals surface area contributed by atoms with Crippen molar-refractivity contribution < 1.29 is 63.6 Å². The van der Waals surface area contributed by atoms with Gasteiger partial charge in [-0.2, -0.15) is 0 Å². The third kappa shape index (κ3) is 3.71. The van der Waals surface area contributed by atoms with Gasteiger partial charge in [0, 0.05) is 6.42 Å². The minimum absolute atomic E-state index is 0.500. The van der Waals surface area contributed by atoms with E-state index in [1.807, 2.05) is 0 Å². The molecule has 1 saturated heterocycles. The van der Waals surface area contributed by atoms with E-state index in [0.29, 0.717) is 0 Å². The van der Waals surface area contributed by atoms with Crippen LogP contribution in [0, 0.1) is 11.8 Å². The Morgan fingerprint density at radius 1 is 1.13 bits per heavy atom. The summed E-state index contributed by atoms with van der Waals surface area (Å²) < 4.78 is 25.4. The molecule has 0 aromatic rings. The molecule has 31 heavy (non-hydrogen) atoms. The van der Waals surface area contributed by atoms with Crippen LogP contribution in [0.25, 0.3) is 0 Å². The van der Waals surface area contributed by atoms with Crippen molar-refractivity contribution in [3.05, 3.63) is 11.8 Å². The van der Waals surface area contributed by atoms with Gasteiger partial charge < -0.3 is 49.2 Å². The number of esters is 2. The summed E-state index contributed by atoms with van der Waals surface area (Å²) in [6.07, 6.45) is -9.59. The minimum atomic E-state index is -2.52. The highest BCUT2D eigenvalue weighted by molar-refractivity contribution is 6.06. The van der Waals surface area contributed by atoms with E-state index < -0.39 is 90.8 Å². The molecule has 3 aliphatic rings. The number of carbonyl (C=O) groups excluding carboxylic acids is 3. The van der Waals surface area contributed by atoms with E-state index in [2.05, 4.69) is 9.47 Å². The van der Waals surface area contributed by atoms with Crippen LogP contribution in [0.15, 0.2) is 11.8 Å². The summed E-state index contributed by atoms with van der Waals surface area (Å²) in [5.74, 6) is -5.62.